The second-order valence-electron chi connectivity index (χ2n) is 19.9. The fourth-order valence-electron chi connectivity index (χ4n) is 13.6. The number of hydrogen-bond donors (Lipinski definition) is 0. The van der Waals surface area contributed by atoms with Gasteiger partial charge in [0.1, 0.15) is 0 Å². The Hall–Kier alpha value is -6.22. The maximum Gasteiger partial charge on any atom is 0.179 e. The fourth-order valence-corrected chi connectivity index (χ4v) is 18.3. The van der Waals surface area contributed by atoms with Crippen LogP contribution in [0.1, 0.15) is 69.1 Å². The first-order valence-corrected chi connectivity index (χ1v) is 25.4. The van der Waals surface area contributed by atoms with E-state index >= 15 is 0 Å². The van der Waals surface area contributed by atoms with Crippen LogP contribution in [0.15, 0.2) is 206 Å². The minimum Gasteiger partial charge on any atom is -0.310 e. The van der Waals surface area contributed by atoms with E-state index in [1.54, 1.807) is 5.56 Å². The predicted octanol–water partition coefficient (Wildman–Crippen LogP) is 13.0. The van der Waals surface area contributed by atoms with Crippen LogP contribution >= 0.6 is 0 Å². The van der Waals surface area contributed by atoms with Crippen molar-refractivity contribution in [2.75, 3.05) is 4.90 Å². The summed E-state index contributed by atoms with van der Waals surface area (Å²) in [6, 6.07) is 78.7. The number of rotatable bonds is 9. The molecule has 0 aromatic heterocycles. The van der Waals surface area contributed by atoms with Gasteiger partial charge in [-0.05, 0) is 152 Å². The average Bonchev–Trinajstić information content (AvgIpc) is 3.55. The number of benzene rings is 8. The van der Waals surface area contributed by atoms with Crippen LogP contribution in [0.25, 0.3) is 22.3 Å². The smallest absolute Gasteiger partial charge is 0.179 e. The Bertz CT molecular complexity index is 2790. The van der Waals surface area contributed by atoms with Crippen molar-refractivity contribution in [3.05, 3.63) is 223 Å². The Balaban J connectivity index is 1.07. The number of hydrogen-bond acceptors (Lipinski definition) is 1. The lowest BCUT2D eigenvalue weighted by Gasteiger charge is -2.57. The molecule has 0 heterocycles. The van der Waals surface area contributed by atoms with Gasteiger partial charge in [-0.1, -0.05) is 184 Å². The standard InChI is InChI=1S/C61H55NSi/c1-60(2)57-26-16-15-25-54(57)56-38-55(46-17-7-3-8-18-46)59(39-58(56)60)62(48-29-27-47(28-30-48)61-40-43-35-44(41-61)37-45(36-43)42-61)49-31-33-53(34-32-49)63(50-19-9-4-10-20-50,51-21-11-5-12-22-51)52-23-13-6-14-24-52/h3-34,38-39,43-45H,35-37,40-42H2,1-2H3. The summed E-state index contributed by atoms with van der Waals surface area (Å²) in [6.45, 7) is 4.81. The van der Waals surface area contributed by atoms with Crippen LogP contribution in [0.4, 0.5) is 17.1 Å². The molecule has 5 aliphatic rings. The van der Waals surface area contributed by atoms with Crippen molar-refractivity contribution in [1.29, 1.82) is 0 Å². The SMILES string of the molecule is CC1(C)c2ccccc2-c2cc(-c3ccccc3)c(N(c3ccc(C45CC6CC(CC(C6)C4)C5)cc3)c3ccc([Si](c4ccccc4)(c4ccccc4)c4ccccc4)cc3)cc21. The van der Waals surface area contributed by atoms with E-state index in [1.165, 1.54) is 110 Å². The van der Waals surface area contributed by atoms with Gasteiger partial charge in [0.2, 0.25) is 0 Å². The van der Waals surface area contributed by atoms with Gasteiger partial charge in [0.15, 0.2) is 8.07 Å². The average molecular weight is 830 g/mol. The molecule has 1 nitrogen and oxygen atoms in total. The Morgan fingerprint density at radius 2 is 0.857 bits per heavy atom. The number of anilines is 3. The van der Waals surface area contributed by atoms with E-state index < -0.39 is 8.07 Å². The molecule has 0 radical (unpaired) electrons. The Kier molecular flexibility index (Phi) is 9.13. The van der Waals surface area contributed by atoms with Crippen LogP contribution in [0.2, 0.25) is 0 Å². The molecular weight excluding hydrogens is 775 g/mol. The van der Waals surface area contributed by atoms with Crippen LogP contribution in [0, 0.1) is 17.8 Å². The summed E-state index contributed by atoms with van der Waals surface area (Å²) >= 11 is 0. The first kappa shape index (κ1) is 38.5. The van der Waals surface area contributed by atoms with Gasteiger partial charge >= 0.3 is 0 Å². The first-order valence-electron chi connectivity index (χ1n) is 23.4. The minimum absolute atomic E-state index is 0.139. The molecule has 8 aromatic carbocycles. The summed E-state index contributed by atoms with van der Waals surface area (Å²) in [4.78, 5) is 2.58. The second-order valence-corrected chi connectivity index (χ2v) is 23.7. The molecule has 4 fully saturated rings. The summed E-state index contributed by atoms with van der Waals surface area (Å²) < 4.78 is 0. The highest BCUT2D eigenvalue weighted by molar-refractivity contribution is 7.19. The van der Waals surface area contributed by atoms with Gasteiger partial charge in [0.05, 0.1) is 5.69 Å². The van der Waals surface area contributed by atoms with Gasteiger partial charge < -0.3 is 4.90 Å². The van der Waals surface area contributed by atoms with E-state index in [9.17, 15) is 0 Å². The molecule has 4 saturated carbocycles. The molecule has 0 saturated heterocycles. The molecular formula is C61H55NSi. The van der Waals surface area contributed by atoms with Crippen molar-refractivity contribution < 1.29 is 0 Å². The zero-order chi connectivity index (χ0) is 42.2. The van der Waals surface area contributed by atoms with Crippen molar-refractivity contribution >= 4 is 45.9 Å². The van der Waals surface area contributed by atoms with Crippen LogP contribution < -0.4 is 25.6 Å². The molecule has 2 heteroatoms. The molecule has 5 aliphatic carbocycles. The van der Waals surface area contributed by atoms with Crippen LogP contribution in [-0.4, -0.2) is 8.07 Å². The first-order chi connectivity index (χ1) is 30.9. The van der Waals surface area contributed by atoms with Gasteiger partial charge in [-0.2, -0.15) is 0 Å². The molecule has 4 bridgehead atoms. The third-order valence-electron chi connectivity index (χ3n) is 16.0. The Labute approximate surface area is 375 Å². The maximum atomic E-state index is 2.58. The fraction of sp³-hybridized carbons (Fsp3) is 0.213. The third-order valence-corrected chi connectivity index (χ3v) is 20.8. The monoisotopic (exact) mass is 829 g/mol. The molecule has 308 valence electrons. The highest BCUT2D eigenvalue weighted by Crippen LogP contribution is 2.61. The molecule has 0 atom stereocenters. The minimum atomic E-state index is -2.71. The molecule has 13 rings (SSSR count). The molecule has 0 unspecified atom stereocenters. The zero-order valence-corrected chi connectivity index (χ0v) is 37.6. The van der Waals surface area contributed by atoms with Gasteiger partial charge in [0.25, 0.3) is 0 Å². The molecule has 0 amide bonds. The van der Waals surface area contributed by atoms with E-state index in [2.05, 4.69) is 225 Å². The van der Waals surface area contributed by atoms with Gasteiger partial charge in [-0.3, -0.25) is 0 Å². The molecule has 8 aromatic rings. The van der Waals surface area contributed by atoms with Crippen molar-refractivity contribution in [2.45, 2.75) is 63.2 Å². The van der Waals surface area contributed by atoms with Gasteiger partial charge in [-0.15, -0.1) is 0 Å². The molecule has 0 aliphatic heterocycles. The summed E-state index contributed by atoms with van der Waals surface area (Å²) in [7, 11) is -2.71. The van der Waals surface area contributed by atoms with E-state index in [-0.39, 0.29) is 5.41 Å². The van der Waals surface area contributed by atoms with E-state index in [0.29, 0.717) is 5.41 Å². The largest absolute Gasteiger partial charge is 0.310 e. The Morgan fingerprint density at radius 3 is 1.38 bits per heavy atom. The van der Waals surface area contributed by atoms with Crippen molar-refractivity contribution in [3.63, 3.8) is 0 Å². The van der Waals surface area contributed by atoms with E-state index in [1.807, 2.05) is 0 Å². The zero-order valence-electron chi connectivity index (χ0n) is 36.6. The van der Waals surface area contributed by atoms with Crippen molar-refractivity contribution in [2.24, 2.45) is 17.8 Å². The highest BCUT2D eigenvalue weighted by atomic mass is 28.3. The topological polar surface area (TPSA) is 3.24 Å². The summed E-state index contributed by atoms with van der Waals surface area (Å²) in [5.41, 5.74) is 13.3. The second kappa shape index (κ2) is 15.0. The lowest BCUT2D eigenvalue weighted by Crippen LogP contribution is -2.74. The van der Waals surface area contributed by atoms with Gasteiger partial charge in [0, 0.05) is 22.4 Å². The third kappa shape index (κ3) is 6.16. The van der Waals surface area contributed by atoms with E-state index in [0.717, 1.165) is 17.8 Å². The number of nitrogens with zero attached hydrogens (tertiary/aromatic N) is 1. The van der Waals surface area contributed by atoms with Gasteiger partial charge in [-0.25, -0.2) is 0 Å². The highest BCUT2D eigenvalue weighted by Gasteiger charge is 2.51. The summed E-state index contributed by atoms with van der Waals surface area (Å²) in [5.74, 6) is 2.74. The van der Waals surface area contributed by atoms with Crippen molar-refractivity contribution in [1.82, 2.24) is 0 Å². The summed E-state index contributed by atoms with van der Waals surface area (Å²) in [5, 5.41) is 5.54. The Morgan fingerprint density at radius 1 is 0.413 bits per heavy atom. The number of fused-ring (bicyclic) bond motifs is 3. The van der Waals surface area contributed by atoms with Crippen LogP contribution in [0.5, 0.6) is 0 Å². The van der Waals surface area contributed by atoms with Crippen molar-refractivity contribution in [3.8, 4) is 22.3 Å². The normalized spacial score (nSPS) is 21.5. The van der Waals surface area contributed by atoms with Crippen LogP contribution in [0.3, 0.4) is 0 Å². The molecule has 0 spiro atoms. The lowest BCUT2D eigenvalue weighted by atomic mass is 9.48. The maximum absolute atomic E-state index is 2.71. The summed E-state index contributed by atoms with van der Waals surface area (Å²) in [6.07, 6.45) is 8.51. The molecule has 0 N–H and O–H groups in total. The quantitative estimate of drug-likeness (QED) is 0.103. The lowest BCUT2D eigenvalue weighted by molar-refractivity contribution is -0.00518. The predicted molar refractivity (Wildman–Crippen MR) is 268 cm³/mol. The van der Waals surface area contributed by atoms with E-state index in [4.69, 9.17) is 0 Å². The molecule has 63 heavy (non-hydrogen) atoms. The van der Waals surface area contributed by atoms with Crippen LogP contribution in [-0.2, 0) is 10.8 Å².